The second-order valence-electron chi connectivity index (χ2n) is 4.72. The van der Waals surface area contributed by atoms with Gasteiger partial charge in [0.25, 0.3) is 0 Å². The summed E-state index contributed by atoms with van der Waals surface area (Å²) in [5, 5.41) is 3.35. The summed E-state index contributed by atoms with van der Waals surface area (Å²) >= 11 is 0. The molecule has 86 valence electrons. The Kier molecular flexibility index (Phi) is 2.30. The van der Waals surface area contributed by atoms with E-state index in [1.165, 1.54) is 5.56 Å². The minimum absolute atomic E-state index is 0.115. The molecule has 2 N–H and O–H groups in total. The summed E-state index contributed by atoms with van der Waals surface area (Å²) in [6.07, 6.45) is 1.91. The highest BCUT2D eigenvalue weighted by atomic mass is 32.2. The summed E-state index contributed by atoms with van der Waals surface area (Å²) in [5.74, 6) is 0.608. The fourth-order valence-electron chi connectivity index (χ4n) is 2.06. The van der Waals surface area contributed by atoms with Crippen molar-refractivity contribution in [2.75, 3.05) is 13.1 Å². The zero-order chi connectivity index (χ0) is 11.2. The second-order valence-corrected chi connectivity index (χ2v) is 7.06. The van der Waals surface area contributed by atoms with Crippen LogP contribution in [0, 0.1) is 4.78 Å². The maximum Gasteiger partial charge on any atom is 0.0755 e. The lowest BCUT2D eigenvalue weighted by Crippen LogP contribution is -2.39. The third-order valence-electron chi connectivity index (χ3n) is 3.48. The van der Waals surface area contributed by atoms with Gasteiger partial charge in [-0.2, -0.15) is 0 Å². The van der Waals surface area contributed by atoms with Crippen molar-refractivity contribution in [3.63, 3.8) is 0 Å². The Hall–Kier alpha value is -0.870. The number of rotatable bonds is 3. The van der Waals surface area contributed by atoms with Crippen LogP contribution in [-0.2, 0) is 9.73 Å². The molecule has 0 bridgehead atoms. The first-order chi connectivity index (χ1) is 7.68. The van der Waals surface area contributed by atoms with E-state index >= 15 is 0 Å². The van der Waals surface area contributed by atoms with Crippen LogP contribution in [0.25, 0.3) is 0 Å². The predicted octanol–water partition coefficient (Wildman–Crippen LogP) is 1.94. The molecule has 1 aromatic rings. The summed E-state index contributed by atoms with van der Waals surface area (Å²) in [4.78, 5) is 0.714. The minimum atomic E-state index is -2.51. The van der Waals surface area contributed by atoms with Gasteiger partial charge >= 0.3 is 0 Å². The summed E-state index contributed by atoms with van der Waals surface area (Å²) in [6, 6.07) is 7.86. The molecule has 2 fully saturated rings. The lowest BCUT2D eigenvalue weighted by atomic mass is 9.94. The highest BCUT2D eigenvalue weighted by Gasteiger charge is 2.33. The van der Waals surface area contributed by atoms with E-state index in [0.717, 1.165) is 25.9 Å². The molecule has 2 aliphatic rings. The predicted molar refractivity (Wildman–Crippen MR) is 64.2 cm³/mol. The van der Waals surface area contributed by atoms with Crippen LogP contribution < -0.4 is 5.32 Å². The van der Waals surface area contributed by atoms with E-state index in [1.807, 2.05) is 24.3 Å². The van der Waals surface area contributed by atoms with Crippen molar-refractivity contribution in [3.05, 3.63) is 29.8 Å². The topological polar surface area (TPSA) is 53.0 Å². The van der Waals surface area contributed by atoms with E-state index in [2.05, 4.69) is 5.32 Å². The molecule has 0 amide bonds. The standard InChI is InChI=1S/C12H16N2OS/c13-16(15,12-5-6-12)11-3-1-9(2-4-11)10-7-14-8-10/h1-4,10,12-14H,5-8H2. The molecule has 3 rings (SSSR count). The van der Waals surface area contributed by atoms with Gasteiger partial charge in [0.1, 0.15) is 0 Å². The van der Waals surface area contributed by atoms with Crippen LogP contribution >= 0.6 is 0 Å². The normalized spacial score (nSPS) is 24.8. The number of hydrogen-bond acceptors (Lipinski definition) is 3. The van der Waals surface area contributed by atoms with E-state index in [1.54, 1.807) is 0 Å². The zero-order valence-electron chi connectivity index (χ0n) is 9.11. The van der Waals surface area contributed by atoms with Crippen molar-refractivity contribution in [2.45, 2.75) is 28.9 Å². The van der Waals surface area contributed by atoms with Crippen LogP contribution in [0.2, 0.25) is 0 Å². The van der Waals surface area contributed by atoms with Gasteiger partial charge in [0.05, 0.1) is 9.73 Å². The summed E-state index contributed by atoms with van der Waals surface area (Å²) < 4.78 is 20.1. The van der Waals surface area contributed by atoms with Gasteiger partial charge in [-0.1, -0.05) is 12.1 Å². The van der Waals surface area contributed by atoms with Gasteiger partial charge in [0, 0.05) is 29.2 Å². The van der Waals surface area contributed by atoms with Gasteiger partial charge < -0.3 is 5.32 Å². The molecular weight excluding hydrogens is 220 g/mol. The molecule has 0 radical (unpaired) electrons. The van der Waals surface area contributed by atoms with Crippen molar-refractivity contribution in [1.82, 2.24) is 5.32 Å². The van der Waals surface area contributed by atoms with Crippen molar-refractivity contribution in [2.24, 2.45) is 0 Å². The number of benzene rings is 1. The molecule has 3 nitrogen and oxygen atoms in total. The molecular formula is C12H16N2OS. The first-order valence-corrected chi connectivity index (χ1v) is 7.38. The Bertz CT molecular complexity index is 484. The smallest absolute Gasteiger partial charge is 0.0755 e. The maximum atomic E-state index is 12.2. The van der Waals surface area contributed by atoms with Gasteiger partial charge in [-0.05, 0) is 30.5 Å². The van der Waals surface area contributed by atoms with E-state index in [-0.39, 0.29) is 5.25 Å². The highest BCUT2D eigenvalue weighted by Crippen LogP contribution is 2.34. The van der Waals surface area contributed by atoms with Gasteiger partial charge in [0.15, 0.2) is 0 Å². The summed E-state index contributed by atoms with van der Waals surface area (Å²) in [6.45, 7) is 2.08. The van der Waals surface area contributed by atoms with Crippen LogP contribution in [0.4, 0.5) is 0 Å². The third kappa shape index (κ3) is 1.66. The van der Waals surface area contributed by atoms with Crippen molar-refractivity contribution in [1.29, 1.82) is 4.78 Å². The molecule has 1 heterocycles. The molecule has 1 saturated heterocycles. The van der Waals surface area contributed by atoms with Crippen LogP contribution in [-0.4, -0.2) is 22.5 Å². The fourth-order valence-corrected chi connectivity index (χ4v) is 3.78. The van der Waals surface area contributed by atoms with Gasteiger partial charge in [0.2, 0.25) is 0 Å². The second kappa shape index (κ2) is 3.57. The van der Waals surface area contributed by atoms with Crippen LogP contribution in [0.1, 0.15) is 24.3 Å². The highest BCUT2D eigenvalue weighted by molar-refractivity contribution is 7.93. The monoisotopic (exact) mass is 236 g/mol. The summed E-state index contributed by atoms with van der Waals surface area (Å²) in [5.41, 5.74) is 1.30. The number of nitrogens with one attached hydrogen (secondary N) is 2. The Morgan fingerprint density at radius 1 is 1.19 bits per heavy atom. The number of hydrogen-bond donors (Lipinski definition) is 2. The van der Waals surface area contributed by atoms with Crippen molar-refractivity contribution >= 4 is 9.73 Å². The molecule has 1 aliphatic carbocycles. The fraction of sp³-hybridized carbons (Fsp3) is 0.500. The Balaban J connectivity index is 1.86. The van der Waals surface area contributed by atoms with Crippen molar-refractivity contribution < 1.29 is 4.21 Å². The quantitative estimate of drug-likeness (QED) is 0.842. The SMILES string of the molecule is N=S(=O)(c1ccc(C2CNC2)cc1)C1CC1. The van der Waals surface area contributed by atoms with E-state index in [9.17, 15) is 4.21 Å². The van der Waals surface area contributed by atoms with Gasteiger partial charge in [-0.25, -0.2) is 8.99 Å². The Labute approximate surface area is 96.2 Å². The Morgan fingerprint density at radius 2 is 1.81 bits per heavy atom. The summed E-state index contributed by atoms with van der Waals surface area (Å²) in [7, 11) is -2.51. The van der Waals surface area contributed by atoms with E-state index < -0.39 is 9.73 Å². The van der Waals surface area contributed by atoms with E-state index in [4.69, 9.17) is 4.78 Å². The van der Waals surface area contributed by atoms with E-state index in [0.29, 0.717) is 10.8 Å². The zero-order valence-corrected chi connectivity index (χ0v) is 9.93. The molecule has 1 unspecified atom stereocenters. The van der Waals surface area contributed by atoms with Crippen LogP contribution in [0.5, 0.6) is 0 Å². The van der Waals surface area contributed by atoms with Gasteiger partial charge in [-0.3, -0.25) is 0 Å². The molecule has 4 heteroatoms. The lowest BCUT2D eigenvalue weighted by Gasteiger charge is -2.27. The van der Waals surface area contributed by atoms with Crippen LogP contribution in [0.15, 0.2) is 29.2 Å². The molecule has 1 aromatic carbocycles. The molecule has 16 heavy (non-hydrogen) atoms. The molecule has 1 aliphatic heterocycles. The average Bonchev–Trinajstić information content (AvgIpc) is 2.99. The minimum Gasteiger partial charge on any atom is -0.315 e. The van der Waals surface area contributed by atoms with Crippen LogP contribution in [0.3, 0.4) is 0 Å². The molecule has 1 atom stereocenters. The first kappa shape index (κ1) is 10.3. The van der Waals surface area contributed by atoms with Gasteiger partial charge in [-0.15, -0.1) is 0 Å². The largest absolute Gasteiger partial charge is 0.315 e. The molecule has 0 aromatic heterocycles. The third-order valence-corrected chi connectivity index (χ3v) is 5.86. The Morgan fingerprint density at radius 3 is 2.25 bits per heavy atom. The molecule has 0 spiro atoms. The van der Waals surface area contributed by atoms with Crippen molar-refractivity contribution in [3.8, 4) is 0 Å². The maximum absolute atomic E-state index is 12.2. The average molecular weight is 236 g/mol. The molecule has 1 saturated carbocycles. The lowest BCUT2D eigenvalue weighted by molar-refractivity contribution is 0.448. The first-order valence-electron chi connectivity index (χ1n) is 5.76.